The maximum atomic E-state index is 12.2. The molecule has 0 spiro atoms. The monoisotopic (exact) mass is 372 g/mol. The van der Waals surface area contributed by atoms with E-state index in [1.165, 1.54) is 12.1 Å². The van der Waals surface area contributed by atoms with E-state index in [1.807, 2.05) is 31.2 Å². The number of amides is 1. The van der Waals surface area contributed by atoms with E-state index in [0.717, 1.165) is 17.2 Å². The van der Waals surface area contributed by atoms with E-state index >= 15 is 0 Å². The van der Waals surface area contributed by atoms with Crippen molar-refractivity contribution in [1.29, 1.82) is 0 Å². The Kier molecular flexibility index (Phi) is 4.94. The Morgan fingerprint density at radius 3 is 2.69 bits per heavy atom. The van der Waals surface area contributed by atoms with Crippen LogP contribution >= 0.6 is 11.6 Å². The van der Waals surface area contributed by atoms with Crippen LogP contribution in [0, 0.1) is 17.0 Å². The van der Waals surface area contributed by atoms with E-state index in [-0.39, 0.29) is 28.7 Å². The highest BCUT2D eigenvalue weighted by Crippen LogP contribution is 2.23. The van der Waals surface area contributed by atoms with Crippen molar-refractivity contribution in [3.8, 4) is 11.4 Å². The van der Waals surface area contributed by atoms with Crippen LogP contribution in [-0.2, 0) is 6.54 Å². The van der Waals surface area contributed by atoms with Crippen LogP contribution in [0.3, 0.4) is 0 Å². The van der Waals surface area contributed by atoms with Gasteiger partial charge in [0.25, 0.3) is 11.6 Å². The minimum absolute atomic E-state index is 0.0581. The molecule has 0 radical (unpaired) electrons. The van der Waals surface area contributed by atoms with Gasteiger partial charge in [0, 0.05) is 16.7 Å². The molecule has 0 aliphatic heterocycles. The summed E-state index contributed by atoms with van der Waals surface area (Å²) in [5, 5.41) is 17.6. The molecule has 0 unspecified atom stereocenters. The number of halogens is 1. The fourth-order valence-corrected chi connectivity index (χ4v) is 2.41. The van der Waals surface area contributed by atoms with Gasteiger partial charge in [-0.05, 0) is 19.1 Å². The van der Waals surface area contributed by atoms with Crippen LogP contribution in [0.25, 0.3) is 11.4 Å². The van der Waals surface area contributed by atoms with Crippen molar-refractivity contribution in [3.05, 3.63) is 74.6 Å². The van der Waals surface area contributed by atoms with Crippen LogP contribution in [0.4, 0.5) is 5.69 Å². The molecule has 1 N–H and O–H groups in total. The quantitative estimate of drug-likeness (QED) is 0.541. The van der Waals surface area contributed by atoms with Crippen LogP contribution < -0.4 is 5.32 Å². The second kappa shape index (κ2) is 7.32. The second-order valence-electron chi connectivity index (χ2n) is 5.48. The second-order valence-corrected chi connectivity index (χ2v) is 5.92. The minimum atomic E-state index is -0.664. The zero-order chi connectivity index (χ0) is 18.7. The molecule has 1 heterocycles. The van der Waals surface area contributed by atoms with E-state index in [9.17, 15) is 14.9 Å². The van der Waals surface area contributed by atoms with Gasteiger partial charge in [-0.3, -0.25) is 14.9 Å². The lowest BCUT2D eigenvalue weighted by Gasteiger charge is -2.03. The van der Waals surface area contributed by atoms with Crippen molar-refractivity contribution in [1.82, 2.24) is 15.5 Å². The Morgan fingerprint density at radius 2 is 2.00 bits per heavy atom. The summed E-state index contributed by atoms with van der Waals surface area (Å²) in [6.45, 7) is 1.91. The molecule has 0 bridgehead atoms. The van der Waals surface area contributed by atoms with Crippen LogP contribution in [0.2, 0.25) is 5.02 Å². The third kappa shape index (κ3) is 3.86. The number of nitro benzene ring substituents is 1. The molecule has 132 valence electrons. The highest BCUT2D eigenvalue weighted by Gasteiger charge is 2.21. The largest absolute Gasteiger partial charge is 0.343 e. The molecule has 26 heavy (non-hydrogen) atoms. The van der Waals surface area contributed by atoms with E-state index in [4.69, 9.17) is 16.1 Å². The number of rotatable bonds is 5. The van der Waals surface area contributed by atoms with E-state index in [0.29, 0.717) is 5.82 Å². The number of aromatic nitrogens is 2. The van der Waals surface area contributed by atoms with Crippen molar-refractivity contribution in [2.75, 3.05) is 0 Å². The third-order valence-corrected chi connectivity index (χ3v) is 3.81. The van der Waals surface area contributed by atoms with Crippen LogP contribution in [0.15, 0.2) is 47.0 Å². The van der Waals surface area contributed by atoms with Gasteiger partial charge in [-0.2, -0.15) is 4.98 Å². The van der Waals surface area contributed by atoms with Gasteiger partial charge in [-0.25, -0.2) is 0 Å². The average Bonchev–Trinajstić information content (AvgIpc) is 3.09. The lowest BCUT2D eigenvalue weighted by atomic mass is 10.1. The fourth-order valence-electron chi connectivity index (χ4n) is 2.25. The molecule has 0 aliphatic carbocycles. The van der Waals surface area contributed by atoms with Gasteiger partial charge in [0.1, 0.15) is 5.56 Å². The summed E-state index contributed by atoms with van der Waals surface area (Å²) in [6.07, 6.45) is 0. The first-order valence-corrected chi connectivity index (χ1v) is 7.93. The first-order valence-electron chi connectivity index (χ1n) is 7.56. The summed E-state index contributed by atoms with van der Waals surface area (Å²) in [5.74, 6) is -0.0549. The standard InChI is InChI=1S/C17H13ClN4O4/c1-10-2-4-11(5-3-10)16-20-15(26-21-16)9-19-17(23)13-7-6-12(18)8-14(13)22(24)25/h2-8H,9H2,1H3,(H,19,23). The molecule has 0 aliphatic rings. The Hall–Kier alpha value is -3.26. The van der Waals surface area contributed by atoms with Gasteiger partial charge >= 0.3 is 0 Å². The number of aryl methyl sites for hydroxylation is 1. The topological polar surface area (TPSA) is 111 Å². The first kappa shape index (κ1) is 17.6. The molecule has 0 saturated carbocycles. The number of hydrogen-bond acceptors (Lipinski definition) is 6. The summed E-state index contributed by atoms with van der Waals surface area (Å²) < 4.78 is 5.10. The zero-order valence-electron chi connectivity index (χ0n) is 13.6. The summed E-state index contributed by atoms with van der Waals surface area (Å²) >= 11 is 5.74. The molecule has 3 rings (SSSR count). The molecule has 0 fully saturated rings. The highest BCUT2D eigenvalue weighted by atomic mass is 35.5. The molecule has 9 heteroatoms. The van der Waals surface area contributed by atoms with Gasteiger partial charge in [0.2, 0.25) is 11.7 Å². The molecular formula is C17H13ClN4O4. The minimum Gasteiger partial charge on any atom is -0.343 e. The zero-order valence-corrected chi connectivity index (χ0v) is 14.4. The number of carbonyl (C=O) groups excluding carboxylic acids is 1. The number of carbonyl (C=O) groups is 1. The summed E-state index contributed by atoms with van der Waals surface area (Å²) in [5.41, 5.74) is 1.41. The fraction of sp³-hybridized carbons (Fsp3) is 0.118. The smallest absolute Gasteiger partial charge is 0.283 e. The van der Waals surface area contributed by atoms with Crippen LogP contribution in [0.5, 0.6) is 0 Å². The maximum Gasteiger partial charge on any atom is 0.283 e. The van der Waals surface area contributed by atoms with E-state index < -0.39 is 10.8 Å². The number of benzene rings is 2. The van der Waals surface area contributed by atoms with Crippen LogP contribution in [-0.4, -0.2) is 21.0 Å². The Bertz CT molecular complexity index is 969. The van der Waals surface area contributed by atoms with Gasteiger partial charge in [-0.15, -0.1) is 0 Å². The van der Waals surface area contributed by atoms with Crippen molar-refractivity contribution in [2.45, 2.75) is 13.5 Å². The number of nitrogens with zero attached hydrogens (tertiary/aromatic N) is 3. The van der Waals surface area contributed by atoms with Gasteiger partial charge in [-0.1, -0.05) is 46.6 Å². The lowest BCUT2D eigenvalue weighted by Crippen LogP contribution is -2.23. The van der Waals surface area contributed by atoms with Crippen molar-refractivity contribution in [3.63, 3.8) is 0 Å². The molecule has 2 aromatic carbocycles. The number of nitrogens with one attached hydrogen (secondary N) is 1. The normalized spacial score (nSPS) is 10.5. The molecule has 3 aromatic rings. The molecule has 0 saturated heterocycles. The van der Waals surface area contributed by atoms with Gasteiger partial charge in [0.15, 0.2) is 0 Å². The Labute approximate surface area is 152 Å². The third-order valence-electron chi connectivity index (χ3n) is 3.58. The highest BCUT2D eigenvalue weighted by molar-refractivity contribution is 6.31. The van der Waals surface area contributed by atoms with Crippen LogP contribution in [0.1, 0.15) is 21.8 Å². The van der Waals surface area contributed by atoms with E-state index in [2.05, 4.69) is 15.5 Å². The van der Waals surface area contributed by atoms with Crippen molar-refractivity contribution < 1.29 is 14.2 Å². The van der Waals surface area contributed by atoms with E-state index in [1.54, 1.807) is 0 Å². The lowest BCUT2D eigenvalue weighted by molar-refractivity contribution is -0.385. The Morgan fingerprint density at radius 1 is 1.27 bits per heavy atom. The first-order chi connectivity index (χ1) is 12.4. The molecular weight excluding hydrogens is 360 g/mol. The van der Waals surface area contributed by atoms with Gasteiger partial charge in [0.05, 0.1) is 11.5 Å². The average molecular weight is 373 g/mol. The summed E-state index contributed by atoms with van der Waals surface area (Å²) in [4.78, 5) is 26.8. The number of nitro groups is 1. The SMILES string of the molecule is Cc1ccc(-c2noc(CNC(=O)c3ccc(Cl)cc3[N+](=O)[O-])n2)cc1. The molecule has 1 amide bonds. The number of hydrogen-bond donors (Lipinski definition) is 1. The molecule has 0 atom stereocenters. The molecule has 1 aromatic heterocycles. The molecule has 8 nitrogen and oxygen atoms in total. The Balaban J connectivity index is 1.71. The van der Waals surface area contributed by atoms with Crippen molar-refractivity contribution in [2.24, 2.45) is 0 Å². The summed E-state index contributed by atoms with van der Waals surface area (Å²) in [7, 11) is 0. The maximum absolute atomic E-state index is 12.2. The predicted octanol–water partition coefficient (Wildman–Crippen LogP) is 3.54. The van der Waals surface area contributed by atoms with Gasteiger partial charge < -0.3 is 9.84 Å². The van der Waals surface area contributed by atoms with Crippen molar-refractivity contribution >= 4 is 23.2 Å². The predicted molar refractivity (Wildman–Crippen MR) is 93.7 cm³/mol. The summed E-state index contributed by atoms with van der Waals surface area (Å²) in [6, 6.07) is 11.4.